The largest absolute Gasteiger partial charge is 0.493 e. The van der Waals surface area contributed by atoms with E-state index >= 15 is 0 Å². The zero-order valence-electron chi connectivity index (χ0n) is 15.1. The fourth-order valence-corrected chi connectivity index (χ4v) is 3.08. The molecule has 2 heterocycles. The molecule has 0 fully saturated rings. The second kappa shape index (κ2) is 7.91. The van der Waals surface area contributed by atoms with Crippen molar-refractivity contribution in [1.82, 2.24) is 9.88 Å². The van der Waals surface area contributed by atoms with E-state index in [0.29, 0.717) is 30.9 Å². The Kier molecular flexibility index (Phi) is 5.41. The Bertz CT molecular complexity index is 820. The van der Waals surface area contributed by atoms with Gasteiger partial charge in [-0.2, -0.15) is 0 Å². The minimum atomic E-state index is -0.0276. The monoisotopic (exact) mass is 353 g/mol. The van der Waals surface area contributed by atoms with Crippen molar-refractivity contribution < 1.29 is 14.3 Å². The van der Waals surface area contributed by atoms with Crippen molar-refractivity contribution in [2.75, 3.05) is 32.6 Å². The second-order valence-corrected chi connectivity index (χ2v) is 6.08. The number of aromatic nitrogens is 1. The van der Waals surface area contributed by atoms with Gasteiger partial charge in [0.15, 0.2) is 11.5 Å². The number of hydrogen-bond donors (Lipinski definition) is 1. The van der Waals surface area contributed by atoms with Crippen molar-refractivity contribution in [3.8, 4) is 11.5 Å². The number of anilines is 1. The van der Waals surface area contributed by atoms with Crippen molar-refractivity contribution in [1.29, 1.82) is 0 Å². The Labute approximate surface area is 153 Å². The van der Waals surface area contributed by atoms with Gasteiger partial charge in [0.1, 0.15) is 0 Å². The lowest BCUT2D eigenvalue weighted by molar-refractivity contribution is 0.0734. The van der Waals surface area contributed by atoms with Crippen LogP contribution in [0.1, 0.15) is 21.5 Å². The summed E-state index contributed by atoms with van der Waals surface area (Å²) in [5.41, 5.74) is 3.64. The van der Waals surface area contributed by atoms with E-state index in [9.17, 15) is 4.79 Å². The number of carbonyl (C=O) groups is 1. The first kappa shape index (κ1) is 17.8. The maximum Gasteiger partial charge on any atom is 0.255 e. The van der Waals surface area contributed by atoms with Crippen molar-refractivity contribution in [2.45, 2.75) is 13.0 Å². The maximum absolute atomic E-state index is 12.9. The van der Waals surface area contributed by atoms with Crippen molar-refractivity contribution in [3.63, 3.8) is 0 Å². The molecule has 26 heavy (non-hydrogen) atoms. The van der Waals surface area contributed by atoms with Gasteiger partial charge in [0.25, 0.3) is 5.91 Å². The predicted molar refractivity (Wildman–Crippen MR) is 101 cm³/mol. The molecule has 0 atom stereocenters. The van der Waals surface area contributed by atoms with Crippen LogP contribution in [0.15, 0.2) is 43.2 Å². The molecule has 0 aliphatic carbocycles. The van der Waals surface area contributed by atoms with E-state index in [1.54, 1.807) is 32.7 Å². The number of carbonyl (C=O) groups excluding carboxylic acids is 1. The van der Waals surface area contributed by atoms with Crippen LogP contribution in [-0.4, -0.2) is 43.1 Å². The molecule has 0 radical (unpaired) electrons. The van der Waals surface area contributed by atoms with Gasteiger partial charge >= 0.3 is 0 Å². The van der Waals surface area contributed by atoms with Gasteiger partial charge in [0, 0.05) is 32.0 Å². The number of rotatable bonds is 6. The molecule has 6 heteroatoms. The van der Waals surface area contributed by atoms with Gasteiger partial charge in [-0.25, -0.2) is 0 Å². The molecule has 0 saturated heterocycles. The van der Waals surface area contributed by atoms with E-state index in [0.717, 1.165) is 23.4 Å². The predicted octanol–water partition coefficient (Wildman–Crippen LogP) is 2.90. The van der Waals surface area contributed by atoms with Crippen LogP contribution in [-0.2, 0) is 13.0 Å². The third-order valence-electron chi connectivity index (χ3n) is 4.44. The summed E-state index contributed by atoms with van der Waals surface area (Å²) >= 11 is 0. The number of hydrogen-bond acceptors (Lipinski definition) is 5. The maximum atomic E-state index is 12.9. The van der Waals surface area contributed by atoms with Crippen molar-refractivity contribution >= 4 is 11.6 Å². The zero-order valence-corrected chi connectivity index (χ0v) is 15.1. The van der Waals surface area contributed by atoms with Crippen molar-refractivity contribution in [2.24, 2.45) is 0 Å². The lowest BCUT2D eigenvalue weighted by Gasteiger charge is -2.29. The average molecular weight is 353 g/mol. The van der Waals surface area contributed by atoms with Gasteiger partial charge in [-0.05, 0) is 35.7 Å². The molecular formula is C20H23N3O3. The highest BCUT2D eigenvalue weighted by Gasteiger charge is 2.24. The fraction of sp³-hybridized carbons (Fsp3) is 0.300. The summed E-state index contributed by atoms with van der Waals surface area (Å²) in [5, 5.41) is 3.15. The quantitative estimate of drug-likeness (QED) is 0.809. The van der Waals surface area contributed by atoms with E-state index in [1.165, 1.54) is 5.56 Å². The minimum Gasteiger partial charge on any atom is -0.493 e. The van der Waals surface area contributed by atoms with Crippen LogP contribution in [0.5, 0.6) is 11.5 Å². The molecule has 136 valence electrons. The molecule has 1 aliphatic rings. The smallest absolute Gasteiger partial charge is 0.255 e. The van der Waals surface area contributed by atoms with Crippen LogP contribution in [0.2, 0.25) is 0 Å². The Morgan fingerprint density at radius 2 is 1.96 bits per heavy atom. The van der Waals surface area contributed by atoms with Crippen LogP contribution in [0, 0.1) is 0 Å². The summed E-state index contributed by atoms with van der Waals surface area (Å²) in [4.78, 5) is 18.9. The van der Waals surface area contributed by atoms with Crippen LogP contribution >= 0.6 is 0 Å². The number of ether oxygens (including phenoxy) is 2. The topological polar surface area (TPSA) is 63.7 Å². The van der Waals surface area contributed by atoms with Crippen molar-refractivity contribution in [3.05, 3.63) is 59.9 Å². The Morgan fingerprint density at radius 3 is 2.65 bits per heavy atom. The lowest BCUT2D eigenvalue weighted by Crippen LogP contribution is -2.36. The highest BCUT2D eigenvalue weighted by atomic mass is 16.5. The molecule has 1 aromatic heterocycles. The summed E-state index contributed by atoms with van der Waals surface area (Å²) in [6, 6.07) is 5.77. The third-order valence-corrected chi connectivity index (χ3v) is 4.44. The Morgan fingerprint density at radius 1 is 1.23 bits per heavy atom. The van der Waals surface area contributed by atoms with Crippen LogP contribution < -0.4 is 14.8 Å². The van der Waals surface area contributed by atoms with E-state index in [4.69, 9.17) is 9.47 Å². The molecule has 6 nitrogen and oxygen atoms in total. The molecule has 1 aliphatic heterocycles. The fourth-order valence-electron chi connectivity index (χ4n) is 3.08. The van der Waals surface area contributed by atoms with Gasteiger partial charge in [-0.1, -0.05) is 6.08 Å². The standard InChI is InChI=1S/C20H23N3O3/c1-4-6-22-17-8-15(11-21-12-17)20(24)23-7-5-14-9-18(25-2)19(26-3)10-16(14)13-23/h4,8-12,22H,1,5-7,13H2,2-3H3. The normalized spacial score (nSPS) is 12.9. The Hall–Kier alpha value is -3.02. The average Bonchev–Trinajstić information content (AvgIpc) is 2.70. The molecule has 0 spiro atoms. The highest BCUT2D eigenvalue weighted by molar-refractivity contribution is 5.95. The molecular weight excluding hydrogens is 330 g/mol. The number of nitrogens with zero attached hydrogens (tertiary/aromatic N) is 2. The summed E-state index contributed by atoms with van der Waals surface area (Å²) in [5.74, 6) is 1.37. The highest BCUT2D eigenvalue weighted by Crippen LogP contribution is 2.33. The minimum absolute atomic E-state index is 0.0276. The molecule has 1 N–H and O–H groups in total. The van der Waals surface area contributed by atoms with Gasteiger partial charge in [0.2, 0.25) is 0 Å². The number of fused-ring (bicyclic) bond motifs is 1. The van der Waals surface area contributed by atoms with E-state index in [1.807, 2.05) is 23.1 Å². The van der Waals surface area contributed by atoms with Gasteiger partial charge in [-0.15, -0.1) is 6.58 Å². The van der Waals surface area contributed by atoms with Crippen LogP contribution in [0.25, 0.3) is 0 Å². The molecule has 1 amide bonds. The van der Waals surface area contributed by atoms with Gasteiger partial charge < -0.3 is 19.7 Å². The summed E-state index contributed by atoms with van der Waals surface area (Å²) in [6.07, 6.45) is 5.84. The van der Waals surface area contributed by atoms with Crippen LogP contribution in [0.3, 0.4) is 0 Å². The third kappa shape index (κ3) is 3.64. The van der Waals surface area contributed by atoms with E-state index in [-0.39, 0.29) is 5.91 Å². The van der Waals surface area contributed by atoms with E-state index in [2.05, 4.69) is 16.9 Å². The first-order chi connectivity index (χ1) is 12.7. The van der Waals surface area contributed by atoms with E-state index < -0.39 is 0 Å². The zero-order chi connectivity index (χ0) is 18.5. The SMILES string of the molecule is C=CCNc1cncc(C(=O)N2CCc3cc(OC)c(OC)cc3C2)c1. The van der Waals surface area contributed by atoms with Gasteiger partial charge in [0.05, 0.1) is 25.5 Å². The summed E-state index contributed by atoms with van der Waals surface area (Å²) in [7, 11) is 3.24. The number of pyridine rings is 1. The number of amides is 1. The number of benzene rings is 1. The van der Waals surface area contributed by atoms with Crippen LogP contribution in [0.4, 0.5) is 5.69 Å². The first-order valence-electron chi connectivity index (χ1n) is 8.49. The summed E-state index contributed by atoms with van der Waals surface area (Å²) < 4.78 is 10.7. The first-order valence-corrected chi connectivity index (χ1v) is 8.49. The molecule has 0 saturated carbocycles. The summed E-state index contributed by atoms with van der Waals surface area (Å²) in [6.45, 7) is 5.50. The number of nitrogens with one attached hydrogen (secondary N) is 1. The lowest BCUT2D eigenvalue weighted by atomic mass is 9.98. The second-order valence-electron chi connectivity index (χ2n) is 6.08. The molecule has 3 rings (SSSR count). The molecule has 0 bridgehead atoms. The molecule has 1 aromatic carbocycles. The molecule has 0 unspecified atom stereocenters. The van der Waals surface area contributed by atoms with Gasteiger partial charge in [-0.3, -0.25) is 9.78 Å². The molecule has 2 aromatic rings. The number of methoxy groups -OCH3 is 2. The Balaban J connectivity index is 1.80.